The summed E-state index contributed by atoms with van der Waals surface area (Å²) in [5.74, 6) is -0.709. The molecule has 0 spiro atoms. The van der Waals surface area contributed by atoms with Gasteiger partial charge >= 0.3 is 6.18 Å². The van der Waals surface area contributed by atoms with Crippen LogP contribution in [0.2, 0.25) is 0 Å². The third-order valence-corrected chi connectivity index (χ3v) is 2.04. The van der Waals surface area contributed by atoms with Gasteiger partial charge in [-0.2, -0.15) is 13.2 Å². The molecule has 0 aliphatic heterocycles. The van der Waals surface area contributed by atoms with E-state index in [-0.39, 0.29) is 12.1 Å². The number of hydrogen-bond donors (Lipinski definition) is 1. The van der Waals surface area contributed by atoms with Gasteiger partial charge in [0.25, 0.3) is 5.91 Å². The fourth-order valence-corrected chi connectivity index (χ4v) is 1.28. The first-order valence-corrected chi connectivity index (χ1v) is 4.80. The summed E-state index contributed by atoms with van der Waals surface area (Å²) < 4.78 is 36.3. The van der Waals surface area contributed by atoms with E-state index in [0.29, 0.717) is 10.6 Å². The molecule has 0 unspecified atom stereocenters. The number of alkyl halides is 3. The standard InChI is InChI=1S/C10H12F3N3O/c1-16(6-10(11,12)13)9(17)7-2-3-15-8(4-7)5-14/h2-4H,5-6,14H2,1H3. The monoisotopic (exact) mass is 247 g/mol. The normalized spacial score (nSPS) is 11.4. The van der Waals surface area contributed by atoms with Crippen LogP contribution in [0.15, 0.2) is 18.3 Å². The Morgan fingerprint density at radius 3 is 2.71 bits per heavy atom. The van der Waals surface area contributed by atoms with Gasteiger partial charge in [-0.1, -0.05) is 0 Å². The van der Waals surface area contributed by atoms with E-state index >= 15 is 0 Å². The molecule has 0 aliphatic rings. The molecule has 0 saturated heterocycles. The maximum atomic E-state index is 12.1. The van der Waals surface area contributed by atoms with Crippen LogP contribution in [0.4, 0.5) is 13.2 Å². The number of nitrogens with two attached hydrogens (primary N) is 1. The summed E-state index contributed by atoms with van der Waals surface area (Å²) in [4.78, 5) is 16.1. The fourth-order valence-electron chi connectivity index (χ4n) is 1.28. The lowest BCUT2D eigenvalue weighted by Gasteiger charge is -2.19. The van der Waals surface area contributed by atoms with E-state index in [2.05, 4.69) is 4.98 Å². The Balaban J connectivity index is 2.81. The highest BCUT2D eigenvalue weighted by molar-refractivity contribution is 5.94. The van der Waals surface area contributed by atoms with Crippen LogP contribution in [0.25, 0.3) is 0 Å². The van der Waals surface area contributed by atoms with E-state index in [1.54, 1.807) is 0 Å². The van der Waals surface area contributed by atoms with E-state index < -0.39 is 18.6 Å². The van der Waals surface area contributed by atoms with Gasteiger partial charge in [0.1, 0.15) is 6.54 Å². The van der Waals surface area contributed by atoms with Crippen molar-refractivity contribution in [3.05, 3.63) is 29.6 Å². The lowest BCUT2D eigenvalue weighted by molar-refractivity contribution is -0.138. The summed E-state index contributed by atoms with van der Waals surface area (Å²) in [6.45, 7) is -1.16. The number of nitrogens with zero attached hydrogens (tertiary/aromatic N) is 2. The Kier molecular flexibility index (Phi) is 4.06. The molecule has 0 radical (unpaired) electrons. The number of rotatable bonds is 3. The summed E-state index contributed by atoms with van der Waals surface area (Å²) in [6, 6.07) is 2.74. The summed E-state index contributed by atoms with van der Waals surface area (Å²) in [6.07, 6.45) is -3.06. The van der Waals surface area contributed by atoms with E-state index in [1.807, 2.05) is 0 Å². The minimum Gasteiger partial charge on any atom is -0.333 e. The summed E-state index contributed by atoms with van der Waals surface area (Å²) in [5.41, 5.74) is 5.93. The van der Waals surface area contributed by atoms with Gasteiger partial charge in [0.2, 0.25) is 0 Å². The maximum absolute atomic E-state index is 12.1. The largest absolute Gasteiger partial charge is 0.406 e. The van der Waals surface area contributed by atoms with Crippen molar-refractivity contribution in [1.29, 1.82) is 0 Å². The third kappa shape index (κ3) is 4.03. The zero-order valence-electron chi connectivity index (χ0n) is 9.16. The van der Waals surface area contributed by atoms with Crippen LogP contribution in [0.3, 0.4) is 0 Å². The van der Waals surface area contributed by atoms with Crippen molar-refractivity contribution in [3.8, 4) is 0 Å². The van der Waals surface area contributed by atoms with E-state index in [4.69, 9.17) is 5.73 Å². The van der Waals surface area contributed by atoms with Crippen LogP contribution in [0.5, 0.6) is 0 Å². The maximum Gasteiger partial charge on any atom is 0.406 e. The summed E-state index contributed by atoms with van der Waals surface area (Å²) >= 11 is 0. The number of halogens is 3. The van der Waals surface area contributed by atoms with Crippen LogP contribution >= 0.6 is 0 Å². The van der Waals surface area contributed by atoms with Gasteiger partial charge < -0.3 is 10.6 Å². The average molecular weight is 247 g/mol. The Bertz CT molecular complexity index is 406. The van der Waals surface area contributed by atoms with Crippen molar-refractivity contribution in [2.45, 2.75) is 12.7 Å². The molecule has 0 aliphatic carbocycles. The smallest absolute Gasteiger partial charge is 0.333 e. The topological polar surface area (TPSA) is 59.2 Å². The molecule has 1 rings (SSSR count). The first-order chi connectivity index (χ1) is 7.83. The lowest BCUT2D eigenvalue weighted by Crippen LogP contribution is -2.35. The molecule has 7 heteroatoms. The van der Waals surface area contributed by atoms with Crippen molar-refractivity contribution < 1.29 is 18.0 Å². The number of aromatic nitrogens is 1. The number of pyridine rings is 1. The molecule has 1 amide bonds. The second-order valence-corrected chi connectivity index (χ2v) is 3.52. The number of amides is 1. The van der Waals surface area contributed by atoms with Crippen LogP contribution in [0, 0.1) is 0 Å². The van der Waals surface area contributed by atoms with Crippen molar-refractivity contribution >= 4 is 5.91 Å². The lowest BCUT2D eigenvalue weighted by atomic mass is 10.2. The van der Waals surface area contributed by atoms with Gasteiger partial charge in [-0.05, 0) is 12.1 Å². The molecule has 0 saturated carbocycles. The Morgan fingerprint density at radius 2 is 2.18 bits per heavy atom. The predicted octanol–water partition coefficient (Wildman–Crippen LogP) is 1.17. The molecule has 2 N–H and O–H groups in total. The quantitative estimate of drug-likeness (QED) is 0.872. The van der Waals surface area contributed by atoms with E-state index in [1.165, 1.54) is 18.3 Å². The third-order valence-electron chi connectivity index (χ3n) is 2.04. The van der Waals surface area contributed by atoms with Gasteiger partial charge in [-0.25, -0.2) is 0 Å². The Morgan fingerprint density at radius 1 is 1.53 bits per heavy atom. The van der Waals surface area contributed by atoms with Crippen molar-refractivity contribution in [2.24, 2.45) is 5.73 Å². The minimum absolute atomic E-state index is 0.129. The summed E-state index contributed by atoms with van der Waals surface area (Å²) in [7, 11) is 1.10. The summed E-state index contributed by atoms with van der Waals surface area (Å²) in [5, 5.41) is 0. The molecule has 0 bridgehead atoms. The van der Waals surface area contributed by atoms with Gasteiger partial charge in [0.15, 0.2) is 0 Å². The van der Waals surface area contributed by atoms with E-state index in [9.17, 15) is 18.0 Å². The van der Waals surface area contributed by atoms with Crippen LogP contribution < -0.4 is 5.73 Å². The Labute approximate surface area is 96.2 Å². The molecule has 1 aromatic heterocycles. The molecule has 0 fully saturated rings. The highest BCUT2D eigenvalue weighted by Gasteiger charge is 2.31. The first-order valence-electron chi connectivity index (χ1n) is 4.80. The molecule has 0 aromatic carbocycles. The number of carbonyl (C=O) groups is 1. The molecule has 1 heterocycles. The average Bonchev–Trinajstić information content (AvgIpc) is 2.26. The van der Waals surface area contributed by atoms with Crippen LogP contribution in [-0.4, -0.2) is 35.6 Å². The van der Waals surface area contributed by atoms with Crippen molar-refractivity contribution in [1.82, 2.24) is 9.88 Å². The van der Waals surface area contributed by atoms with Crippen LogP contribution in [-0.2, 0) is 6.54 Å². The Hall–Kier alpha value is -1.63. The molecule has 17 heavy (non-hydrogen) atoms. The van der Waals surface area contributed by atoms with Crippen molar-refractivity contribution in [2.75, 3.05) is 13.6 Å². The fraction of sp³-hybridized carbons (Fsp3) is 0.400. The van der Waals surface area contributed by atoms with Gasteiger partial charge in [-0.3, -0.25) is 9.78 Å². The first kappa shape index (κ1) is 13.4. The van der Waals surface area contributed by atoms with E-state index in [0.717, 1.165) is 7.05 Å². The molecule has 94 valence electrons. The second kappa shape index (κ2) is 5.13. The zero-order valence-corrected chi connectivity index (χ0v) is 9.16. The highest BCUT2D eigenvalue weighted by atomic mass is 19.4. The number of hydrogen-bond acceptors (Lipinski definition) is 3. The van der Waals surface area contributed by atoms with Gasteiger partial charge in [0.05, 0.1) is 5.69 Å². The predicted molar refractivity (Wildman–Crippen MR) is 55.1 cm³/mol. The number of carbonyl (C=O) groups excluding carboxylic acids is 1. The molecule has 0 atom stereocenters. The molecule has 4 nitrogen and oxygen atoms in total. The molecular formula is C10H12F3N3O. The zero-order chi connectivity index (χ0) is 13.1. The van der Waals surface area contributed by atoms with Gasteiger partial charge in [0, 0.05) is 25.4 Å². The van der Waals surface area contributed by atoms with Gasteiger partial charge in [-0.15, -0.1) is 0 Å². The highest BCUT2D eigenvalue weighted by Crippen LogP contribution is 2.17. The SMILES string of the molecule is CN(CC(F)(F)F)C(=O)c1ccnc(CN)c1. The minimum atomic E-state index is -4.41. The second-order valence-electron chi connectivity index (χ2n) is 3.52. The molecular weight excluding hydrogens is 235 g/mol. The van der Waals surface area contributed by atoms with Crippen molar-refractivity contribution in [3.63, 3.8) is 0 Å². The van der Waals surface area contributed by atoms with Crippen LogP contribution in [0.1, 0.15) is 16.1 Å². The molecule has 1 aromatic rings.